The van der Waals surface area contributed by atoms with Gasteiger partial charge in [-0.05, 0) is 12.5 Å². The van der Waals surface area contributed by atoms with Crippen molar-refractivity contribution >= 4 is 16.0 Å². The van der Waals surface area contributed by atoms with Gasteiger partial charge in [0, 0.05) is 44.1 Å². The molecule has 2 aromatic rings. The van der Waals surface area contributed by atoms with E-state index in [9.17, 15) is 8.42 Å². The average Bonchev–Trinajstić information content (AvgIpc) is 2.93. The highest BCUT2D eigenvalue weighted by molar-refractivity contribution is 7.89. The van der Waals surface area contributed by atoms with Gasteiger partial charge in [0.2, 0.25) is 16.0 Å². The molecule has 1 unspecified atom stereocenters. The van der Waals surface area contributed by atoms with E-state index in [0.29, 0.717) is 31.9 Å². The van der Waals surface area contributed by atoms with Crippen molar-refractivity contribution in [1.82, 2.24) is 23.8 Å². The summed E-state index contributed by atoms with van der Waals surface area (Å²) in [4.78, 5) is 12.6. The molecule has 2 aromatic heterocycles. The van der Waals surface area contributed by atoms with Crippen molar-refractivity contribution in [2.45, 2.75) is 32.4 Å². The van der Waals surface area contributed by atoms with Crippen LogP contribution in [0.5, 0.6) is 0 Å². The minimum atomic E-state index is -3.32. The molecule has 0 radical (unpaired) electrons. The van der Waals surface area contributed by atoms with Crippen molar-refractivity contribution < 1.29 is 8.42 Å². The van der Waals surface area contributed by atoms with Gasteiger partial charge < -0.3 is 9.88 Å². The van der Waals surface area contributed by atoms with Crippen molar-refractivity contribution in [3.05, 3.63) is 36.2 Å². The smallest absolute Gasteiger partial charge is 0.222 e. The largest absolute Gasteiger partial charge is 0.353 e. The maximum absolute atomic E-state index is 12.7. The van der Waals surface area contributed by atoms with Crippen LogP contribution in [0.15, 0.2) is 24.8 Å². The van der Waals surface area contributed by atoms with Crippen LogP contribution < -0.4 is 5.32 Å². The van der Waals surface area contributed by atoms with E-state index in [1.807, 2.05) is 18.5 Å². The molecule has 8 nitrogen and oxygen atoms in total. The molecule has 0 bridgehead atoms. The van der Waals surface area contributed by atoms with E-state index >= 15 is 0 Å². The maximum atomic E-state index is 12.7. The van der Waals surface area contributed by atoms with E-state index in [4.69, 9.17) is 0 Å². The van der Waals surface area contributed by atoms with E-state index < -0.39 is 10.0 Å². The van der Waals surface area contributed by atoms with Gasteiger partial charge in [-0.15, -0.1) is 0 Å². The van der Waals surface area contributed by atoms with Crippen molar-refractivity contribution in [3.8, 4) is 0 Å². The van der Waals surface area contributed by atoms with E-state index in [1.54, 1.807) is 29.1 Å². The molecule has 1 N–H and O–H groups in total. The molecule has 9 heteroatoms. The van der Waals surface area contributed by atoms with Crippen molar-refractivity contribution in [2.24, 2.45) is 7.05 Å². The zero-order valence-electron chi connectivity index (χ0n) is 13.9. The Bertz CT molecular complexity index is 790. The lowest BCUT2D eigenvalue weighted by Crippen LogP contribution is -2.48. The topological polar surface area (TPSA) is 93.0 Å². The molecule has 24 heavy (non-hydrogen) atoms. The number of nitrogens with one attached hydrogen (secondary N) is 1. The molecule has 0 spiro atoms. The number of aromatic nitrogens is 4. The third-order valence-electron chi connectivity index (χ3n) is 4.17. The van der Waals surface area contributed by atoms with E-state index in [0.717, 1.165) is 11.4 Å². The summed E-state index contributed by atoms with van der Waals surface area (Å²) in [6.07, 6.45) is 6.26. The van der Waals surface area contributed by atoms with E-state index in [-0.39, 0.29) is 11.8 Å². The number of rotatable bonds is 6. The fourth-order valence-electron chi connectivity index (χ4n) is 2.97. The van der Waals surface area contributed by atoms with Crippen LogP contribution in [0.25, 0.3) is 0 Å². The lowest BCUT2D eigenvalue weighted by Gasteiger charge is -2.34. The van der Waals surface area contributed by atoms with Crippen molar-refractivity contribution in [2.75, 3.05) is 17.6 Å². The molecule has 0 fully saturated rings. The molecular weight excluding hydrogens is 328 g/mol. The highest BCUT2D eigenvalue weighted by atomic mass is 32.2. The molecule has 0 aromatic carbocycles. The first-order valence-electron chi connectivity index (χ1n) is 8.00. The fraction of sp³-hybridized carbons (Fsp3) is 0.533. The molecule has 1 aliphatic heterocycles. The van der Waals surface area contributed by atoms with Gasteiger partial charge in [-0.3, -0.25) is 0 Å². The number of hydrogen-bond acceptors (Lipinski definition) is 6. The Morgan fingerprint density at radius 3 is 2.75 bits per heavy atom. The van der Waals surface area contributed by atoms with Crippen LogP contribution in [0.2, 0.25) is 0 Å². The van der Waals surface area contributed by atoms with Crippen LogP contribution >= 0.6 is 0 Å². The van der Waals surface area contributed by atoms with Crippen LogP contribution in [0, 0.1) is 0 Å². The molecule has 3 rings (SSSR count). The standard InChI is InChI=1S/C15H22N6O2S/c1-3-7-24(22,23)21-10-13-14(20(2)11-19-13)8-12(21)9-18-15-16-5-4-6-17-15/h4-6,11-12H,3,7-10H2,1-2H3,(H,16,17,18). The third-order valence-corrected chi connectivity index (χ3v) is 6.23. The summed E-state index contributed by atoms with van der Waals surface area (Å²) in [5, 5.41) is 3.14. The Morgan fingerprint density at radius 2 is 2.04 bits per heavy atom. The van der Waals surface area contributed by atoms with E-state index in [2.05, 4.69) is 20.3 Å². The van der Waals surface area contributed by atoms with Crippen LogP contribution in [-0.4, -0.2) is 50.6 Å². The number of nitrogens with zero attached hydrogens (tertiary/aromatic N) is 5. The predicted molar refractivity (Wildman–Crippen MR) is 90.8 cm³/mol. The number of aryl methyl sites for hydroxylation is 1. The number of sulfonamides is 1. The minimum absolute atomic E-state index is 0.146. The van der Waals surface area contributed by atoms with Gasteiger partial charge in [-0.2, -0.15) is 4.31 Å². The van der Waals surface area contributed by atoms with Gasteiger partial charge in [0.15, 0.2) is 0 Å². The van der Waals surface area contributed by atoms with Crippen LogP contribution in [0.4, 0.5) is 5.95 Å². The first-order chi connectivity index (χ1) is 11.5. The Hall–Kier alpha value is -2.00. The van der Waals surface area contributed by atoms with Crippen LogP contribution in [-0.2, 0) is 30.0 Å². The molecule has 1 atom stereocenters. The van der Waals surface area contributed by atoms with Gasteiger partial charge >= 0.3 is 0 Å². The molecule has 0 aliphatic carbocycles. The maximum Gasteiger partial charge on any atom is 0.222 e. The summed E-state index contributed by atoms with van der Waals surface area (Å²) < 4.78 is 28.8. The summed E-state index contributed by atoms with van der Waals surface area (Å²) >= 11 is 0. The lowest BCUT2D eigenvalue weighted by atomic mass is 10.1. The SMILES string of the molecule is CCCS(=O)(=O)N1Cc2ncn(C)c2CC1CNc1ncccn1. The van der Waals surface area contributed by atoms with Gasteiger partial charge in [0.05, 0.1) is 24.3 Å². The zero-order chi connectivity index (χ0) is 17.2. The number of hydrogen-bond donors (Lipinski definition) is 1. The molecule has 0 saturated carbocycles. The number of anilines is 1. The van der Waals surface area contributed by atoms with Gasteiger partial charge in [0.25, 0.3) is 0 Å². The first kappa shape index (κ1) is 16.8. The summed E-state index contributed by atoms with van der Waals surface area (Å²) in [6.45, 7) is 2.65. The normalized spacial score (nSPS) is 18.3. The summed E-state index contributed by atoms with van der Waals surface area (Å²) in [6, 6.07) is 1.55. The van der Waals surface area contributed by atoms with E-state index in [1.165, 1.54) is 0 Å². The third kappa shape index (κ3) is 3.41. The highest BCUT2D eigenvalue weighted by Crippen LogP contribution is 2.25. The van der Waals surface area contributed by atoms with Gasteiger partial charge in [-0.1, -0.05) is 6.92 Å². The van der Waals surface area contributed by atoms with Crippen LogP contribution in [0.3, 0.4) is 0 Å². The predicted octanol–water partition coefficient (Wildman–Crippen LogP) is 0.789. The average molecular weight is 350 g/mol. The summed E-state index contributed by atoms with van der Waals surface area (Å²) in [5.41, 5.74) is 1.92. The Kier molecular flexibility index (Phi) is 4.81. The molecule has 1 aliphatic rings. The fourth-order valence-corrected chi connectivity index (χ4v) is 4.65. The second-order valence-electron chi connectivity index (χ2n) is 5.92. The number of fused-ring (bicyclic) bond motifs is 1. The highest BCUT2D eigenvalue weighted by Gasteiger charge is 2.36. The first-order valence-corrected chi connectivity index (χ1v) is 9.61. The van der Waals surface area contributed by atoms with Crippen LogP contribution in [0.1, 0.15) is 24.7 Å². The second-order valence-corrected chi connectivity index (χ2v) is 7.96. The molecule has 0 saturated heterocycles. The zero-order valence-corrected chi connectivity index (χ0v) is 14.7. The Balaban J connectivity index is 1.83. The molecule has 0 amide bonds. The minimum Gasteiger partial charge on any atom is -0.353 e. The number of imidazole rings is 1. The Morgan fingerprint density at radius 1 is 1.29 bits per heavy atom. The van der Waals surface area contributed by atoms with Gasteiger partial charge in [-0.25, -0.2) is 23.4 Å². The Labute approximate surface area is 142 Å². The lowest BCUT2D eigenvalue weighted by molar-refractivity contribution is 0.294. The van der Waals surface area contributed by atoms with Crippen molar-refractivity contribution in [1.29, 1.82) is 0 Å². The molecule has 130 valence electrons. The summed E-state index contributed by atoms with van der Waals surface area (Å²) in [7, 11) is -1.38. The molecular formula is C15H22N6O2S. The summed E-state index contributed by atoms with van der Waals surface area (Å²) in [5.74, 6) is 0.647. The van der Waals surface area contributed by atoms with Crippen molar-refractivity contribution in [3.63, 3.8) is 0 Å². The molecule has 3 heterocycles. The quantitative estimate of drug-likeness (QED) is 0.828. The second kappa shape index (κ2) is 6.86. The van der Waals surface area contributed by atoms with Gasteiger partial charge in [0.1, 0.15) is 0 Å². The monoisotopic (exact) mass is 350 g/mol.